The third-order valence-electron chi connectivity index (χ3n) is 3.79. The van der Waals surface area contributed by atoms with Crippen LogP contribution in [0.25, 0.3) is 0 Å². The van der Waals surface area contributed by atoms with E-state index in [0.717, 1.165) is 25.1 Å². The number of aliphatic hydroxyl groups excluding tert-OH is 1. The second-order valence-corrected chi connectivity index (χ2v) is 5.09. The highest BCUT2D eigenvalue weighted by molar-refractivity contribution is 5.21. The molecule has 0 aromatic carbocycles. The minimum Gasteiger partial charge on any atom is -0.394 e. The number of aryl methyl sites for hydroxylation is 2. The summed E-state index contributed by atoms with van der Waals surface area (Å²) in [5.74, 6) is 0. The van der Waals surface area contributed by atoms with Crippen LogP contribution in [0.3, 0.4) is 0 Å². The van der Waals surface area contributed by atoms with E-state index < -0.39 is 0 Å². The third-order valence-corrected chi connectivity index (χ3v) is 3.79. The van der Waals surface area contributed by atoms with Crippen LogP contribution in [0, 0.1) is 20.8 Å². The average molecular weight is 239 g/mol. The highest BCUT2D eigenvalue weighted by atomic mass is 16.3. The zero-order valence-electron chi connectivity index (χ0n) is 11.7. The van der Waals surface area contributed by atoms with Crippen molar-refractivity contribution < 1.29 is 5.11 Å². The minimum atomic E-state index is -0.175. The van der Waals surface area contributed by atoms with Crippen molar-refractivity contribution in [3.05, 3.63) is 17.0 Å². The summed E-state index contributed by atoms with van der Waals surface area (Å²) in [5.41, 5.74) is 3.47. The van der Waals surface area contributed by atoms with E-state index in [1.54, 1.807) is 0 Å². The van der Waals surface area contributed by atoms with Gasteiger partial charge in [0, 0.05) is 17.8 Å². The molecule has 1 aromatic heterocycles. The Bertz CT molecular complexity index is 367. The van der Waals surface area contributed by atoms with Crippen molar-refractivity contribution in [2.24, 2.45) is 0 Å². The fraction of sp³-hybridized carbons (Fsp3) is 0.769. The molecule has 0 amide bonds. The van der Waals surface area contributed by atoms with Crippen LogP contribution in [0.4, 0.5) is 0 Å². The first-order valence-corrected chi connectivity index (χ1v) is 6.24. The number of aliphatic hydroxyl groups is 1. The summed E-state index contributed by atoms with van der Waals surface area (Å²) in [6.45, 7) is 9.39. The van der Waals surface area contributed by atoms with Gasteiger partial charge in [-0.2, -0.15) is 5.10 Å². The van der Waals surface area contributed by atoms with Crippen LogP contribution in [0.5, 0.6) is 0 Å². The number of nitrogens with zero attached hydrogens (tertiary/aromatic N) is 2. The van der Waals surface area contributed by atoms with Crippen LogP contribution in [0.15, 0.2) is 0 Å². The molecule has 0 fully saturated rings. The quantitative estimate of drug-likeness (QED) is 0.792. The molecular weight excluding hydrogens is 214 g/mol. The van der Waals surface area contributed by atoms with E-state index in [1.165, 1.54) is 11.3 Å². The van der Waals surface area contributed by atoms with Gasteiger partial charge >= 0.3 is 0 Å². The zero-order valence-corrected chi connectivity index (χ0v) is 11.7. The molecule has 0 bridgehead atoms. The molecule has 1 aromatic rings. The number of likely N-dealkylation sites (N-methyl/N-ethyl adjacent to an activating group) is 1. The molecule has 1 heterocycles. The molecule has 0 spiro atoms. The Morgan fingerprint density at radius 3 is 2.41 bits per heavy atom. The molecule has 1 rings (SSSR count). The predicted octanol–water partition coefficient (Wildman–Crippen LogP) is 1.56. The summed E-state index contributed by atoms with van der Waals surface area (Å²) < 4.78 is 2.07. The van der Waals surface area contributed by atoms with E-state index in [2.05, 4.69) is 28.9 Å². The molecule has 2 N–H and O–H groups in total. The molecule has 0 aliphatic heterocycles. The molecule has 0 aliphatic rings. The van der Waals surface area contributed by atoms with Crippen LogP contribution in [-0.4, -0.2) is 34.1 Å². The van der Waals surface area contributed by atoms with Crippen molar-refractivity contribution in [1.82, 2.24) is 15.1 Å². The van der Waals surface area contributed by atoms with Gasteiger partial charge < -0.3 is 10.4 Å². The van der Waals surface area contributed by atoms with Gasteiger partial charge in [0.05, 0.1) is 12.3 Å². The molecule has 1 atom stereocenters. The molecule has 1 unspecified atom stereocenters. The average Bonchev–Trinajstić information content (AvgIpc) is 2.57. The van der Waals surface area contributed by atoms with E-state index in [0.29, 0.717) is 0 Å². The van der Waals surface area contributed by atoms with E-state index in [1.807, 2.05) is 20.9 Å². The Hall–Kier alpha value is -0.870. The summed E-state index contributed by atoms with van der Waals surface area (Å²) in [4.78, 5) is 0. The fourth-order valence-corrected chi connectivity index (χ4v) is 1.91. The highest BCUT2D eigenvalue weighted by Gasteiger charge is 2.20. The Morgan fingerprint density at radius 1 is 1.35 bits per heavy atom. The van der Waals surface area contributed by atoms with Crippen LogP contribution in [-0.2, 0) is 6.54 Å². The van der Waals surface area contributed by atoms with Gasteiger partial charge in [-0.05, 0) is 53.1 Å². The molecular formula is C13H25N3O. The van der Waals surface area contributed by atoms with Crippen molar-refractivity contribution in [3.63, 3.8) is 0 Å². The normalized spacial score (nSPS) is 14.9. The van der Waals surface area contributed by atoms with Gasteiger partial charge in [0.2, 0.25) is 0 Å². The largest absolute Gasteiger partial charge is 0.394 e. The summed E-state index contributed by atoms with van der Waals surface area (Å²) >= 11 is 0. The second-order valence-electron chi connectivity index (χ2n) is 5.09. The third kappa shape index (κ3) is 3.30. The van der Waals surface area contributed by atoms with Gasteiger partial charge in [-0.1, -0.05) is 0 Å². The molecule has 0 aliphatic carbocycles. The maximum Gasteiger partial charge on any atom is 0.0625 e. The van der Waals surface area contributed by atoms with E-state index >= 15 is 0 Å². The van der Waals surface area contributed by atoms with Gasteiger partial charge in [0.15, 0.2) is 0 Å². The fourth-order valence-electron chi connectivity index (χ4n) is 1.91. The number of hydrogen-bond acceptors (Lipinski definition) is 3. The van der Waals surface area contributed by atoms with Crippen molar-refractivity contribution in [3.8, 4) is 0 Å². The van der Waals surface area contributed by atoms with Gasteiger partial charge in [-0.25, -0.2) is 0 Å². The smallest absolute Gasteiger partial charge is 0.0625 e. The van der Waals surface area contributed by atoms with Gasteiger partial charge in [0.25, 0.3) is 0 Å². The lowest BCUT2D eigenvalue weighted by Gasteiger charge is -2.26. The lowest BCUT2D eigenvalue weighted by Crippen LogP contribution is -2.43. The SMILES string of the molecule is CNC(C)(CO)CCCn1nc(C)c(C)c1C. The molecule has 98 valence electrons. The van der Waals surface area contributed by atoms with E-state index in [4.69, 9.17) is 0 Å². The van der Waals surface area contributed by atoms with Crippen molar-refractivity contribution in [2.45, 2.75) is 52.6 Å². The van der Waals surface area contributed by atoms with Crippen LogP contribution in [0.2, 0.25) is 0 Å². The lowest BCUT2D eigenvalue weighted by atomic mass is 9.97. The second kappa shape index (κ2) is 5.65. The maximum absolute atomic E-state index is 9.30. The predicted molar refractivity (Wildman–Crippen MR) is 70.2 cm³/mol. The Balaban J connectivity index is 2.54. The lowest BCUT2D eigenvalue weighted by molar-refractivity contribution is 0.169. The number of aromatic nitrogens is 2. The number of nitrogens with one attached hydrogen (secondary N) is 1. The monoisotopic (exact) mass is 239 g/mol. The number of hydrogen-bond donors (Lipinski definition) is 2. The minimum absolute atomic E-state index is 0.166. The van der Waals surface area contributed by atoms with Crippen LogP contribution < -0.4 is 5.32 Å². The highest BCUT2D eigenvalue weighted by Crippen LogP contribution is 2.15. The zero-order chi connectivity index (χ0) is 13.1. The molecule has 4 nitrogen and oxygen atoms in total. The maximum atomic E-state index is 9.30. The summed E-state index contributed by atoms with van der Waals surface area (Å²) in [7, 11) is 1.89. The van der Waals surface area contributed by atoms with Crippen LogP contribution in [0.1, 0.15) is 36.7 Å². The molecule has 0 saturated heterocycles. The van der Waals surface area contributed by atoms with Gasteiger partial charge in [0.1, 0.15) is 0 Å². The topological polar surface area (TPSA) is 50.1 Å². The van der Waals surface area contributed by atoms with E-state index in [9.17, 15) is 5.11 Å². The summed E-state index contributed by atoms with van der Waals surface area (Å²) in [6, 6.07) is 0. The summed E-state index contributed by atoms with van der Waals surface area (Å²) in [6.07, 6.45) is 1.96. The van der Waals surface area contributed by atoms with Gasteiger partial charge in [-0.15, -0.1) is 0 Å². The first-order chi connectivity index (χ1) is 7.93. The van der Waals surface area contributed by atoms with E-state index in [-0.39, 0.29) is 12.1 Å². The Kier molecular flexibility index (Phi) is 4.71. The van der Waals surface area contributed by atoms with Crippen molar-refractivity contribution >= 4 is 0 Å². The Morgan fingerprint density at radius 2 is 2.00 bits per heavy atom. The Labute approximate surface area is 104 Å². The first kappa shape index (κ1) is 14.2. The summed E-state index contributed by atoms with van der Waals surface area (Å²) in [5, 5.41) is 17.0. The number of rotatable bonds is 6. The molecule has 4 heteroatoms. The van der Waals surface area contributed by atoms with Crippen molar-refractivity contribution in [2.75, 3.05) is 13.7 Å². The first-order valence-electron chi connectivity index (χ1n) is 6.24. The van der Waals surface area contributed by atoms with Crippen molar-refractivity contribution in [1.29, 1.82) is 0 Å². The molecule has 17 heavy (non-hydrogen) atoms. The van der Waals surface area contributed by atoms with Crippen LogP contribution >= 0.6 is 0 Å². The standard InChI is InChI=1S/C13H25N3O/c1-10-11(2)15-16(12(10)3)8-6-7-13(4,9-17)14-5/h14,17H,6-9H2,1-5H3. The van der Waals surface area contributed by atoms with Gasteiger partial charge in [-0.3, -0.25) is 4.68 Å². The molecule has 0 radical (unpaired) electrons. The molecule has 0 saturated carbocycles.